The Labute approximate surface area is 256 Å². The number of nitrogens with zero attached hydrogens (tertiary/aromatic N) is 2. The van der Waals surface area contributed by atoms with Crippen molar-refractivity contribution in [1.29, 1.82) is 0 Å². The molecule has 5 fully saturated rings. The molecule has 5 aliphatic rings. The van der Waals surface area contributed by atoms with E-state index in [0.29, 0.717) is 57.3 Å². The topological polar surface area (TPSA) is 146 Å². The van der Waals surface area contributed by atoms with Crippen molar-refractivity contribution in [2.45, 2.75) is 95.2 Å². The van der Waals surface area contributed by atoms with Crippen molar-refractivity contribution in [3.8, 4) is 0 Å². The van der Waals surface area contributed by atoms with Gasteiger partial charge in [0.25, 0.3) is 0 Å². The Morgan fingerprint density at radius 3 is 2.58 bits per heavy atom. The number of hydrogen-bond acceptors (Lipinski definition) is 11. The summed E-state index contributed by atoms with van der Waals surface area (Å²) in [6.07, 6.45) is 4.76. The van der Waals surface area contributed by atoms with E-state index in [0.717, 1.165) is 51.7 Å². The second kappa shape index (κ2) is 15.6. The van der Waals surface area contributed by atoms with Crippen LogP contribution in [0, 0.1) is 17.8 Å². The molecule has 246 valence electrons. The third kappa shape index (κ3) is 8.37. The van der Waals surface area contributed by atoms with E-state index in [1.54, 1.807) is 4.90 Å². The molecule has 1 saturated carbocycles. The van der Waals surface area contributed by atoms with Crippen LogP contribution in [0.4, 0.5) is 4.79 Å². The maximum Gasteiger partial charge on any atom is 0.409 e. The summed E-state index contributed by atoms with van der Waals surface area (Å²) >= 11 is 0. The third-order valence-electron chi connectivity index (χ3n) is 10.3. The zero-order valence-corrected chi connectivity index (χ0v) is 26.2. The molecule has 4 heterocycles. The molecule has 5 rings (SSSR count). The van der Waals surface area contributed by atoms with Gasteiger partial charge in [0.1, 0.15) is 6.23 Å². The number of rotatable bonds is 10. The van der Waals surface area contributed by atoms with Crippen LogP contribution in [0.1, 0.15) is 52.4 Å². The molecule has 2 amide bonds. The highest BCUT2D eigenvalue weighted by molar-refractivity contribution is 5.79. The number of ether oxygens (including phenoxy) is 4. The fraction of sp³-hybridized carbons (Fsp3) is 0.933. The molecular formula is C30H54N6O7. The van der Waals surface area contributed by atoms with Crippen LogP contribution in [0.25, 0.3) is 0 Å². The molecule has 13 nitrogen and oxygen atoms in total. The highest BCUT2D eigenvalue weighted by Gasteiger charge is 2.40. The van der Waals surface area contributed by atoms with Crippen LogP contribution in [-0.2, 0) is 23.7 Å². The Morgan fingerprint density at radius 1 is 1.05 bits per heavy atom. The fourth-order valence-electron chi connectivity index (χ4n) is 7.59. The fourth-order valence-corrected chi connectivity index (χ4v) is 7.59. The first-order valence-corrected chi connectivity index (χ1v) is 16.5. The van der Waals surface area contributed by atoms with Gasteiger partial charge in [-0.3, -0.25) is 20.3 Å². The average molecular weight is 611 g/mol. The minimum absolute atomic E-state index is 0.0296. The molecule has 0 radical (unpaired) electrons. The number of fused-ring (bicyclic) bond motifs is 1. The normalized spacial score (nSPS) is 37.9. The van der Waals surface area contributed by atoms with Gasteiger partial charge in [-0.25, -0.2) is 4.79 Å². The van der Waals surface area contributed by atoms with Crippen molar-refractivity contribution in [1.82, 2.24) is 31.1 Å². The number of aliphatic hydroxyl groups excluding tert-OH is 1. The number of hydrogen-bond donors (Lipinski definition) is 5. The summed E-state index contributed by atoms with van der Waals surface area (Å²) in [4.78, 5) is 29.1. The van der Waals surface area contributed by atoms with Gasteiger partial charge >= 0.3 is 6.09 Å². The van der Waals surface area contributed by atoms with E-state index in [1.807, 2.05) is 6.92 Å². The lowest BCUT2D eigenvalue weighted by molar-refractivity contribution is -0.137. The van der Waals surface area contributed by atoms with Gasteiger partial charge < -0.3 is 39.6 Å². The maximum atomic E-state index is 13.3. The number of nitrogens with one attached hydrogen (secondary N) is 4. The van der Waals surface area contributed by atoms with Crippen LogP contribution >= 0.6 is 0 Å². The van der Waals surface area contributed by atoms with Crippen LogP contribution in [0.5, 0.6) is 0 Å². The van der Waals surface area contributed by atoms with Crippen LogP contribution in [0.2, 0.25) is 0 Å². The first-order chi connectivity index (χ1) is 20.9. The Hall–Kier alpha value is -1.58. The Bertz CT molecular complexity index is 908. The number of piperidine rings is 2. The van der Waals surface area contributed by atoms with Crippen molar-refractivity contribution in [2.75, 3.05) is 66.3 Å². The lowest BCUT2D eigenvalue weighted by Crippen LogP contribution is -2.62. The molecule has 10 atom stereocenters. The van der Waals surface area contributed by atoms with Gasteiger partial charge in [-0.15, -0.1) is 0 Å². The molecule has 0 aromatic rings. The van der Waals surface area contributed by atoms with Crippen molar-refractivity contribution < 1.29 is 33.6 Å². The predicted octanol–water partition coefficient (Wildman–Crippen LogP) is 0.0336. The predicted molar refractivity (Wildman–Crippen MR) is 159 cm³/mol. The molecule has 4 saturated heterocycles. The largest absolute Gasteiger partial charge is 0.453 e. The quantitative estimate of drug-likeness (QED) is 0.229. The second-order valence-electron chi connectivity index (χ2n) is 12.9. The highest BCUT2D eigenvalue weighted by Crippen LogP contribution is 2.37. The van der Waals surface area contributed by atoms with Crippen molar-refractivity contribution in [2.24, 2.45) is 17.8 Å². The van der Waals surface area contributed by atoms with Crippen LogP contribution in [0.3, 0.4) is 0 Å². The van der Waals surface area contributed by atoms with Gasteiger partial charge in [0, 0.05) is 51.4 Å². The third-order valence-corrected chi connectivity index (χ3v) is 10.3. The Morgan fingerprint density at radius 2 is 1.86 bits per heavy atom. The molecule has 0 aromatic heterocycles. The number of carbonyl (C=O) groups is 2. The zero-order valence-electron chi connectivity index (χ0n) is 26.2. The van der Waals surface area contributed by atoms with Gasteiger partial charge in [-0.2, -0.15) is 0 Å². The Kier molecular flexibility index (Phi) is 11.9. The monoisotopic (exact) mass is 610 g/mol. The standard InChI is InChI=1S/C30H54N6O7/c1-4-41-29-23(7-8-27(34-29)35-9-11-36(12-10-35)30(39)40-3)28(38)32-16-25(37)24-14-20-5-6-22(13-21(20)15-31-24)42-17-26-19(2)33-18-43-26/h19-27,29,31,33-34,37H,4-18H2,1-3H3,(H,32,38)/t19?,20?,21?,22?,23?,24-,25+,26?,27?,29?/m0/s1. The van der Waals surface area contributed by atoms with E-state index < -0.39 is 12.3 Å². The molecule has 1 aliphatic carbocycles. The second-order valence-corrected chi connectivity index (χ2v) is 12.9. The van der Waals surface area contributed by atoms with Crippen LogP contribution in [-0.4, -0.2) is 136 Å². The molecular weight excluding hydrogens is 556 g/mol. The lowest BCUT2D eigenvalue weighted by Gasteiger charge is -2.44. The summed E-state index contributed by atoms with van der Waals surface area (Å²) in [7, 11) is 1.41. The number of piperazine rings is 1. The summed E-state index contributed by atoms with van der Waals surface area (Å²) < 4.78 is 22.8. The first-order valence-electron chi connectivity index (χ1n) is 16.5. The number of carbonyl (C=O) groups excluding carboxylic acids is 2. The number of aliphatic hydroxyl groups is 1. The van der Waals surface area contributed by atoms with Gasteiger partial charge in [0.2, 0.25) is 5.91 Å². The van der Waals surface area contributed by atoms with Crippen LogP contribution < -0.4 is 21.3 Å². The highest BCUT2D eigenvalue weighted by atomic mass is 16.6. The summed E-state index contributed by atoms with van der Waals surface area (Å²) in [5.74, 6) is 0.706. The number of methoxy groups -OCH3 is 1. The summed E-state index contributed by atoms with van der Waals surface area (Å²) in [6, 6.07) is 0.298. The summed E-state index contributed by atoms with van der Waals surface area (Å²) in [5.41, 5.74) is 0. The van der Waals surface area contributed by atoms with Gasteiger partial charge in [-0.05, 0) is 70.8 Å². The molecule has 43 heavy (non-hydrogen) atoms. The Balaban J connectivity index is 1.02. The molecule has 0 spiro atoms. The van der Waals surface area contributed by atoms with E-state index in [9.17, 15) is 14.7 Å². The zero-order chi connectivity index (χ0) is 30.3. The molecule has 5 N–H and O–H groups in total. The average Bonchev–Trinajstić information content (AvgIpc) is 3.46. The first kappa shape index (κ1) is 32.8. The van der Waals surface area contributed by atoms with Gasteiger partial charge in [0.05, 0.1) is 50.8 Å². The minimum atomic E-state index is -0.645. The van der Waals surface area contributed by atoms with Crippen LogP contribution in [0.15, 0.2) is 0 Å². The van der Waals surface area contributed by atoms with E-state index in [4.69, 9.17) is 18.9 Å². The smallest absolute Gasteiger partial charge is 0.409 e. The lowest BCUT2D eigenvalue weighted by atomic mass is 9.72. The molecule has 0 bridgehead atoms. The van der Waals surface area contributed by atoms with E-state index in [1.165, 1.54) is 7.11 Å². The maximum absolute atomic E-state index is 13.3. The van der Waals surface area contributed by atoms with Gasteiger partial charge in [-0.1, -0.05) is 0 Å². The van der Waals surface area contributed by atoms with E-state index >= 15 is 0 Å². The van der Waals surface area contributed by atoms with Crippen molar-refractivity contribution >= 4 is 12.0 Å². The molecule has 0 aromatic carbocycles. The number of amides is 2. The minimum Gasteiger partial charge on any atom is -0.453 e. The van der Waals surface area contributed by atoms with Gasteiger partial charge in [0.15, 0.2) is 0 Å². The molecule has 8 unspecified atom stereocenters. The SMILES string of the molecule is CCOC1NC(N2CCN(C(=O)OC)CC2)CCC1C(=O)NC[C@@H](O)[C@@H]1CC2CCC(OCC3OCNC3C)CC2CN1. The summed E-state index contributed by atoms with van der Waals surface area (Å²) in [6.45, 7) is 9.61. The summed E-state index contributed by atoms with van der Waals surface area (Å²) in [5, 5.41) is 24.5. The van der Waals surface area contributed by atoms with E-state index in [2.05, 4.69) is 33.1 Å². The van der Waals surface area contributed by atoms with Crippen molar-refractivity contribution in [3.05, 3.63) is 0 Å². The van der Waals surface area contributed by atoms with Crippen molar-refractivity contribution in [3.63, 3.8) is 0 Å². The molecule has 13 heteroatoms. The molecule has 4 aliphatic heterocycles. The van der Waals surface area contributed by atoms with E-state index in [-0.39, 0.29) is 48.9 Å².